The van der Waals surface area contributed by atoms with Crippen LogP contribution in [0, 0.1) is 5.92 Å². The molecule has 0 bridgehead atoms. The normalized spacial score (nSPS) is 12.6. The summed E-state index contributed by atoms with van der Waals surface area (Å²) < 4.78 is 7.68. The Morgan fingerprint density at radius 3 is 2.28 bits per heavy atom. The summed E-state index contributed by atoms with van der Waals surface area (Å²) in [5, 5.41) is 9.80. The summed E-state index contributed by atoms with van der Waals surface area (Å²) in [4.78, 5) is 29.3. The molecule has 0 saturated carbocycles. The molecule has 7 heteroatoms. The number of Topliss-reactive ketones (excluding diaryl/α,β-unsaturated/α-hetero) is 1. The first-order valence-electron chi connectivity index (χ1n) is 12.2. The molecule has 3 rings (SSSR count). The molecule has 1 aromatic heterocycles. The molecule has 0 amide bonds. The maximum absolute atomic E-state index is 13.0. The van der Waals surface area contributed by atoms with Crippen molar-refractivity contribution in [3.63, 3.8) is 0 Å². The lowest BCUT2D eigenvalue weighted by molar-refractivity contribution is -0.138. The van der Waals surface area contributed by atoms with Crippen LogP contribution in [0.2, 0.25) is 5.02 Å². The third-order valence-corrected chi connectivity index (χ3v) is 6.17. The number of carbonyl (C=O) groups excluding carboxylic acids is 1. The fourth-order valence-electron chi connectivity index (χ4n) is 4.31. The minimum Gasteiger partial charge on any atom is -0.489 e. The minimum atomic E-state index is -0.925. The summed E-state index contributed by atoms with van der Waals surface area (Å²) in [6, 6.07) is 12.9. The predicted molar refractivity (Wildman–Crippen MR) is 143 cm³/mol. The van der Waals surface area contributed by atoms with Crippen molar-refractivity contribution in [1.82, 2.24) is 9.55 Å². The molecule has 0 spiro atoms. The van der Waals surface area contributed by atoms with Crippen LogP contribution in [0.15, 0.2) is 48.7 Å². The van der Waals surface area contributed by atoms with Crippen molar-refractivity contribution in [3.8, 4) is 17.0 Å². The maximum atomic E-state index is 13.0. The topological polar surface area (TPSA) is 81.4 Å². The molecular weight excluding hydrogens is 476 g/mol. The fourth-order valence-corrected chi connectivity index (χ4v) is 4.54. The van der Waals surface area contributed by atoms with E-state index in [1.54, 1.807) is 18.2 Å². The lowest BCUT2D eigenvalue weighted by Crippen LogP contribution is -2.17. The molecule has 0 fully saturated rings. The van der Waals surface area contributed by atoms with Gasteiger partial charge in [-0.15, -0.1) is 0 Å². The highest BCUT2D eigenvalue weighted by atomic mass is 35.5. The van der Waals surface area contributed by atoms with E-state index < -0.39 is 5.97 Å². The number of aryl methyl sites for hydroxylation is 1. The van der Waals surface area contributed by atoms with E-state index in [1.165, 1.54) is 0 Å². The lowest BCUT2D eigenvalue weighted by atomic mass is 9.89. The number of hydrogen-bond donors (Lipinski definition) is 1. The standard InChI is InChI=1S/C29H35ClN2O4/c1-18(2)36-26-12-11-22(16-23(26)30)25(33)14-20(15-27(34)35)13-19-7-9-21(10-8-19)24-17-32(6)28(31-24)29(3,4)5/h7-12,16-18,20H,13-15H2,1-6H3,(H,34,35)/t20-/m1/s1. The Bertz CT molecular complexity index is 1220. The number of ketones is 1. The molecule has 6 nitrogen and oxygen atoms in total. The number of carboxylic acid groups (broad SMARTS) is 1. The van der Waals surface area contributed by atoms with E-state index in [-0.39, 0.29) is 36.1 Å². The van der Waals surface area contributed by atoms with Crippen molar-refractivity contribution < 1.29 is 19.4 Å². The van der Waals surface area contributed by atoms with Gasteiger partial charge in [0.05, 0.1) is 16.8 Å². The van der Waals surface area contributed by atoms with Crippen molar-refractivity contribution >= 4 is 23.4 Å². The molecule has 1 atom stereocenters. The van der Waals surface area contributed by atoms with Crippen LogP contribution in [0.4, 0.5) is 0 Å². The first-order valence-corrected chi connectivity index (χ1v) is 12.6. The van der Waals surface area contributed by atoms with Crippen LogP contribution in [0.1, 0.15) is 69.2 Å². The van der Waals surface area contributed by atoms with Crippen LogP contribution in [-0.2, 0) is 23.7 Å². The van der Waals surface area contributed by atoms with Gasteiger partial charge >= 0.3 is 5.97 Å². The number of benzene rings is 2. The molecule has 0 aliphatic carbocycles. The van der Waals surface area contributed by atoms with Crippen LogP contribution >= 0.6 is 11.6 Å². The van der Waals surface area contributed by atoms with Crippen molar-refractivity contribution in [1.29, 1.82) is 0 Å². The number of hydrogen-bond acceptors (Lipinski definition) is 4. The van der Waals surface area contributed by atoms with Gasteiger partial charge in [0, 0.05) is 42.6 Å². The number of aromatic nitrogens is 2. The average Bonchev–Trinajstić information content (AvgIpc) is 3.17. The number of carboxylic acids is 1. The molecule has 0 aliphatic rings. The summed E-state index contributed by atoms with van der Waals surface area (Å²) in [7, 11) is 2.00. The van der Waals surface area contributed by atoms with E-state index in [2.05, 4.69) is 20.8 Å². The summed E-state index contributed by atoms with van der Waals surface area (Å²) in [5.41, 5.74) is 3.26. The Labute approximate surface area is 218 Å². The van der Waals surface area contributed by atoms with Crippen molar-refractivity contribution in [2.75, 3.05) is 0 Å². The second-order valence-electron chi connectivity index (χ2n) is 10.6. The van der Waals surface area contributed by atoms with E-state index >= 15 is 0 Å². The number of nitrogens with zero attached hydrogens (tertiary/aromatic N) is 2. The first-order chi connectivity index (χ1) is 16.8. The van der Waals surface area contributed by atoms with Gasteiger partial charge in [-0.3, -0.25) is 9.59 Å². The summed E-state index contributed by atoms with van der Waals surface area (Å²) in [5.74, 6) is 0.123. The van der Waals surface area contributed by atoms with Gasteiger partial charge in [-0.2, -0.15) is 0 Å². The number of halogens is 1. The van der Waals surface area contributed by atoms with Crippen LogP contribution in [0.5, 0.6) is 5.75 Å². The highest BCUT2D eigenvalue weighted by Crippen LogP contribution is 2.29. The Kier molecular flexibility index (Phi) is 8.62. The van der Waals surface area contributed by atoms with Gasteiger partial charge in [-0.1, -0.05) is 56.6 Å². The van der Waals surface area contributed by atoms with Crippen LogP contribution in [-0.4, -0.2) is 32.5 Å². The third kappa shape index (κ3) is 7.20. The third-order valence-electron chi connectivity index (χ3n) is 5.88. The Hall–Kier alpha value is -3.12. The SMILES string of the molecule is CC(C)Oc1ccc(C(=O)C[C@H](CC(=O)O)Cc2ccc(-c3cn(C)c(C(C)(C)C)n3)cc2)cc1Cl. The van der Waals surface area contributed by atoms with Gasteiger partial charge < -0.3 is 14.4 Å². The molecule has 0 saturated heterocycles. The predicted octanol–water partition coefficient (Wildman–Crippen LogP) is 6.73. The van der Waals surface area contributed by atoms with E-state index in [9.17, 15) is 14.7 Å². The van der Waals surface area contributed by atoms with Crippen molar-refractivity contribution in [2.45, 2.75) is 65.4 Å². The number of aliphatic carboxylic acids is 1. The zero-order valence-electron chi connectivity index (χ0n) is 21.8. The largest absolute Gasteiger partial charge is 0.489 e. The Morgan fingerprint density at radius 1 is 1.08 bits per heavy atom. The average molecular weight is 511 g/mol. The van der Waals surface area contributed by atoms with Gasteiger partial charge in [0.1, 0.15) is 11.6 Å². The molecule has 36 heavy (non-hydrogen) atoms. The van der Waals surface area contributed by atoms with Gasteiger partial charge in [-0.05, 0) is 49.9 Å². The highest BCUT2D eigenvalue weighted by Gasteiger charge is 2.22. The van der Waals surface area contributed by atoms with E-state index in [0.29, 0.717) is 22.8 Å². The Balaban J connectivity index is 1.73. The number of imidazole rings is 1. The highest BCUT2D eigenvalue weighted by molar-refractivity contribution is 6.32. The summed E-state index contributed by atoms with van der Waals surface area (Å²) in [6.07, 6.45) is 2.49. The van der Waals surface area contributed by atoms with Crippen LogP contribution in [0.3, 0.4) is 0 Å². The summed E-state index contributed by atoms with van der Waals surface area (Å²) >= 11 is 6.29. The molecule has 0 radical (unpaired) electrons. The quantitative estimate of drug-likeness (QED) is 0.306. The molecule has 3 aromatic rings. The zero-order chi connectivity index (χ0) is 26.6. The molecule has 2 aromatic carbocycles. The van der Waals surface area contributed by atoms with E-state index in [4.69, 9.17) is 21.3 Å². The monoisotopic (exact) mass is 510 g/mol. The maximum Gasteiger partial charge on any atom is 0.303 e. The summed E-state index contributed by atoms with van der Waals surface area (Å²) in [6.45, 7) is 10.2. The van der Waals surface area contributed by atoms with Gasteiger partial charge in [0.2, 0.25) is 0 Å². The Morgan fingerprint density at radius 2 is 1.75 bits per heavy atom. The number of rotatable bonds is 10. The van der Waals surface area contributed by atoms with Crippen LogP contribution < -0.4 is 4.74 Å². The van der Waals surface area contributed by atoms with E-state index in [1.807, 2.05) is 55.9 Å². The van der Waals surface area contributed by atoms with Crippen LogP contribution in [0.25, 0.3) is 11.3 Å². The molecule has 1 N–H and O–H groups in total. The second kappa shape index (κ2) is 11.3. The molecule has 1 heterocycles. The molecular formula is C29H35ClN2O4. The lowest BCUT2D eigenvalue weighted by Gasteiger charge is -2.17. The van der Waals surface area contributed by atoms with Gasteiger partial charge in [0.25, 0.3) is 0 Å². The second-order valence-corrected chi connectivity index (χ2v) is 11.0. The number of ether oxygens (including phenoxy) is 1. The fraction of sp³-hybridized carbons (Fsp3) is 0.414. The number of carbonyl (C=O) groups is 2. The van der Waals surface area contributed by atoms with Crippen molar-refractivity contribution in [2.24, 2.45) is 13.0 Å². The first kappa shape index (κ1) is 27.5. The smallest absolute Gasteiger partial charge is 0.303 e. The van der Waals surface area contributed by atoms with Gasteiger partial charge in [-0.25, -0.2) is 4.98 Å². The molecule has 192 valence electrons. The molecule has 0 aliphatic heterocycles. The van der Waals surface area contributed by atoms with E-state index in [0.717, 1.165) is 22.6 Å². The van der Waals surface area contributed by atoms with Crippen molar-refractivity contribution in [3.05, 3.63) is 70.6 Å². The zero-order valence-corrected chi connectivity index (χ0v) is 22.6. The van der Waals surface area contributed by atoms with Gasteiger partial charge in [0.15, 0.2) is 5.78 Å². The molecule has 0 unspecified atom stereocenters. The minimum absolute atomic E-state index is 0.0337.